The normalized spacial score (nSPS) is 9.92. The third kappa shape index (κ3) is 5.07. The zero-order chi connectivity index (χ0) is 17.5. The Morgan fingerprint density at radius 1 is 0.958 bits per heavy atom. The molecule has 3 amide bonds. The molecule has 0 aliphatic carbocycles. The summed E-state index contributed by atoms with van der Waals surface area (Å²) in [5, 5.41) is 2.87. The van der Waals surface area contributed by atoms with Gasteiger partial charge >= 0.3 is 0 Å². The highest BCUT2D eigenvalue weighted by Gasteiger charge is 2.11. The van der Waals surface area contributed by atoms with Crippen LogP contribution in [0.4, 0.5) is 0 Å². The van der Waals surface area contributed by atoms with Crippen LogP contribution >= 0.6 is 27.5 Å². The molecule has 8 heteroatoms. The Morgan fingerprint density at radius 2 is 1.71 bits per heavy atom. The summed E-state index contributed by atoms with van der Waals surface area (Å²) in [6, 6.07) is 13.1. The van der Waals surface area contributed by atoms with E-state index in [4.69, 9.17) is 11.6 Å². The molecule has 0 saturated heterocycles. The monoisotopic (exact) mass is 409 g/mol. The second kappa shape index (κ2) is 8.47. The van der Waals surface area contributed by atoms with Gasteiger partial charge in [-0.15, -0.1) is 0 Å². The molecule has 0 bridgehead atoms. The quantitative estimate of drug-likeness (QED) is 0.676. The molecular weight excluding hydrogens is 398 g/mol. The van der Waals surface area contributed by atoms with E-state index in [-0.39, 0.29) is 6.54 Å². The zero-order valence-corrected chi connectivity index (χ0v) is 14.6. The van der Waals surface area contributed by atoms with E-state index in [1.165, 1.54) is 6.07 Å². The molecule has 6 nitrogen and oxygen atoms in total. The second-order valence-electron chi connectivity index (χ2n) is 4.68. The van der Waals surface area contributed by atoms with Gasteiger partial charge in [-0.25, -0.2) is 0 Å². The Hall–Kier alpha value is -2.38. The molecule has 2 rings (SSSR count). The molecule has 0 aliphatic heterocycles. The Bertz CT molecular complexity index is 783. The van der Waals surface area contributed by atoms with E-state index in [1.807, 2.05) is 0 Å². The van der Waals surface area contributed by atoms with E-state index < -0.39 is 17.7 Å². The van der Waals surface area contributed by atoms with Crippen LogP contribution in [0.1, 0.15) is 20.7 Å². The fraction of sp³-hybridized carbons (Fsp3) is 0.0625. The van der Waals surface area contributed by atoms with E-state index in [9.17, 15) is 14.4 Å². The van der Waals surface area contributed by atoms with E-state index in [1.54, 1.807) is 42.5 Å². The van der Waals surface area contributed by atoms with Crippen LogP contribution in [0.3, 0.4) is 0 Å². The van der Waals surface area contributed by atoms with Crippen molar-refractivity contribution in [1.82, 2.24) is 16.2 Å². The van der Waals surface area contributed by atoms with Gasteiger partial charge in [0, 0.05) is 15.1 Å². The lowest BCUT2D eigenvalue weighted by atomic mass is 10.2. The van der Waals surface area contributed by atoms with Gasteiger partial charge in [0.25, 0.3) is 17.7 Å². The lowest BCUT2D eigenvalue weighted by Crippen LogP contribution is -2.46. The van der Waals surface area contributed by atoms with Gasteiger partial charge in [0.2, 0.25) is 0 Å². The molecule has 0 unspecified atom stereocenters. The van der Waals surface area contributed by atoms with Gasteiger partial charge in [-0.3, -0.25) is 25.2 Å². The Kier molecular flexibility index (Phi) is 6.34. The van der Waals surface area contributed by atoms with Crippen LogP contribution in [0, 0.1) is 0 Å². The van der Waals surface area contributed by atoms with Gasteiger partial charge in [-0.05, 0) is 46.3 Å². The number of halogens is 2. The summed E-state index contributed by atoms with van der Waals surface area (Å²) in [5.41, 5.74) is 5.17. The maximum atomic E-state index is 11.9. The van der Waals surface area contributed by atoms with Crippen LogP contribution < -0.4 is 16.2 Å². The molecule has 2 aromatic rings. The third-order valence-electron chi connectivity index (χ3n) is 2.93. The smallest absolute Gasteiger partial charge is 0.269 e. The second-order valence-corrected chi connectivity index (χ2v) is 5.97. The molecule has 0 saturated carbocycles. The third-order valence-corrected chi connectivity index (χ3v) is 3.86. The predicted octanol–water partition coefficient (Wildman–Crippen LogP) is 2.29. The molecule has 0 aliphatic rings. The minimum atomic E-state index is -0.564. The lowest BCUT2D eigenvalue weighted by molar-refractivity contribution is -0.120. The van der Waals surface area contributed by atoms with Crippen LogP contribution in [-0.4, -0.2) is 24.3 Å². The van der Waals surface area contributed by atoms with Crippen molar-refractivity contribution in [1.29, 1.82) is 0 Å². The van der Waals surface area contributed by atoms with E-state index >= 15 is 0 Å². The van der Waals surface area contributed by atoms with Gasteiger partial charge in [-0.1, -0.05) is 29.8 Å². The summed E-state index contributed by atoms with van der Waals surface area (Å²) in [6.07, 6.45) is 0. The van der Waals surface area contributed by atoms with Crippen LogP contribution in [0.5, 0.6) is 0 Å². The first-order valence-corrected chi connectivity index (χ1v) is 8.02. The number of hydrogen-bond donors (Lipinski definition) is 3. The molecular formula is C16H13BrClN3O3. The van der Waals surface area contributed by atoms with Crippen molar-refractivity contribution in [3.05, 3.63) is 69.2 Å². The SMILES string of the molecule is O=C(CNC(=O)c1ccccc1Br)NNC(=O)c1cccc(Cl)c1. The van der Waals surface area contributed by atoms with Crippen molar-refractivity contribution in [3.8, 4) is 0 Å². The van der Waals surface area contributed by atoms with Gasteiger partial charge in [0.05, 0.1) is 12.1 Å². The number of carbonyl (C=O) groups is 3. The van der Waals surface area contributed by atoms with Gasteiger partial charge in [-0.2, -0.15) is 0 Å². The first-order chi connectivity index (χ1) is 11.5. The summed E-state index contributed by atoms with van der Waals surface area (Å²) >= 11 is 9.04. The highest BCUT2D eigenvalue weighted by Crippen LogP contribution is 2.15. The Morgan fingerprint density at radius 3 is 2.42 bits per heavy atom. The fourth-order valence-corrected chi connectivity index (χ4v) is 2.43. The number of benzene rings is 2. The molecule has 0 spiro atoms. The highest BCUT2D eigenvalue weighted by molar-refractivity contribution is 9.10. The standard InChI is InChI=1S/C16H13BrClN3O3/c17-13-7-2-1-6-12(13)16(24)19-9-14(22)20-21-15(23)10-4-3-5-11(18)8-10/h1-8H,9H2,(H,19,24)(H,20,22)(H,21,23). The molecule has 0 fully saturated rings. The average Bonchev–Trinajstić information content (AvgIpc) is 2.58. The lowest BCUT2D eigenvalue weighted by Gasteiger charge is -2.09. The number of rotatable bonds is 4. The number of carbonyl (C=O) groups excluding carboxylic acids is 3. The van der Waals surface area contributed by atoms with E-state index in [0.717, 1.165) is 0 Å². The molecule has 124 valence electrons. The first-order valence-electron chi connectivity index (χ1n) is 6.85. The van der Waals surface area contributed by atoms with Gasteiger partial charge in [0.1, 0.15) is 0 Å². The molecule has 3 N–H and O–H groups in total. The number of hydrazine groups is 1. The van der Waals surface area contributed by atoms with Crippen LogP contribution in [0.15, 0.2) is 53.0 Å². The molecule has 24 heavy (non-hydrogen) atoms. The van der Waals surface area contributed by atoms with Gasteiger partial charge < -0.3 is 5.32 Å². The average molecular weight is 411 g/mol. The van der Waals surface area contributed by atoms with E-state index in [2.05, 4.69) is 32.1 Å². The topological polar surface area (TPSA) is 87.3 Å². The Balaban J connectivity index is 1.80. The molecule has 0 heterocycles. The summed E-state index contributed by atoms with van der Waals surface area (Å²) in [6.45, 7) is -0.282. The summed E-state index contributed by atoms with van der Waals surface area (Å²) in [7, 11) is 0. The summed E-state index contributed by atoms with van der Waals surface area (Å²) in [5.74, 6) is -1.48. The van der Waals surface area contributed by atoms with Crippen molar-refractivity contribution in [2.75, 3.05) is 6.54 Å². The zero-order valence-electron chi connectivity index (χ0n) is 12.3. The van der Waals surface area contributed by atoms with Crippen molar-refractivity contribution < 1.29 is 14.4 Å². The highest BCUT2D eigenvalue weighted by atomic mass is 79.9. The predicted molar refractivity (Wildman–Crippen MR) is 93.5 cm³/mol. The summed E-state index contributed by atoms with van der Waals surface area (Å²) < 4.78 is 0.622. The first kappa shape index (κ1) is 18.0. The number of amides is 3. The maximum absolute atomic E-state index is 11.9. The Labute approximate surface area is 151 Å². The maximum Gasteiger partial charge on any atom is 0.269 e. The molecule has 0 radical (unpaired) electrons. The molecule has 2 aromatic carbocycles. The number of hydrogen-bond acceptors (Lipinski definition) is 3. The van der Waals surface area contributed by atoms with Crippen LogP contribution in [0.25, 0.3) is 0 Å². The summed E-state index contributed by atoms with van der Waals surface area (Å²) in [4.78, 5) is 35.5. The minimum absolute atomic E-state index is 0.282. The van der Waals surface area contributed by atoms with Crippen molar-refractivity contribution in [2.45, 2.75) is 0 Å². The molecule has 0 atom stereocenters. The van der Waals surface area contributed by atoms with Gasteiger partial charge in [0.15, 0.2) is 0 Å². The van der Waals surface area contributed by atoms with Crippen molar-refractivity contribution >= 4 is 45.3 Å². The van der Waals surface area contributed by atoms with E-state index in [0.29, 0.717) is 20.6 Å². The number of nitrogens with one attached hydrogen (secondary N) is 3. The minimum Gasteiger partial charge on any atom is -0.343 e. The largest absolute Gasteiger partial charge is 0.343 e. The van der Waals surface area contributed by atoms with Crippen molar-refractivity contribution in [2.24, 2.45) is 0 Å². The van der Waals surface area contributed by atoms with Crippen LogP contribution in [0.2, 0.25) is 5.02 Å². The van der Waals surface area contributed by atoms with Crippen LogP contribution in [-0.2, 0) is 4.79 Å². The van der Waals surface area contributed by atoms with Crippen molar-refractivity contribution in [3.63, 3.8) is 0 Å². The molecule has 0 aromatic heterocycles. The fourth-order valence-electron chi connectivity index (χ4n) is 1.77.